The molecule has 0 spiro atoms. The topological polar surface area (TPSA) is 130 Å². The summed E-state index contributed by atoms with van der Waals surface area (Å²) in [5, 5.41) is 24.4. The van der Waals surface area contributed by atoms with Crippen molar-refractivity contribution in [3.05, 3.63) is 23.8 Å². The van der Waals surface area contributed by atoms with E-state index in [1.54, 1.807) is 12.1 Å². The molecule has 0 saturated heterocycles. The van der Waals surface area contributed by atoms with Crippen LogP contribution in [0, 0.1) is 0 Å². The molecule has 2 rings (SSSR count). The summed E-state index contributed by atoms with van der Waals surface area (Å²) >= 11 is 0. The molecular formula is C18H27NO6. The van der Waals surface area contributed by atoms with E-state index >= 15 is 0 Å². The third-order valence-electron chi connectivity index (χ3n) is 4.25. The Morgan fingerprint density at radius 3 is 2.24 bits per heavy atom. The number of hydrogen-bond donors (Lipinski definition) is 4. The van der Waals surface area contributed by atoms with Crippen molar-refractivity contribution in [1.82, 2.24) is 0 Å². The fraction of sp³-hybridized carbons (Fsp3) is 0.556. The second-order valence-corrected chi connectivity index (χ2v) is 6.28. The fourth-order valence-electron chi connectivity index (χ4n) is 3.14. The SMILES string of the molecule is CCCC(N)(CCC)C1CCc2ccc(O)cc2O1.O=C(O)C(=O)O. The number of carbonyl (C=O) groups is 2. The first-order valence-electron chi connectivity index (χ1n) is 8.47. The Balaban J connectivity index is 0.000000450. The van der Waals surface area contributed by atoms with Gasteiger partial charge in [0.05, 0.1) is 5.54 Å². The number of carboxylic acids is 2. The molecule has 1 atom stereocenters. The number of hydrogen-bond acceptors (Lipinski definition) is 5. The molecule has 140 valence electrons. The lowest BCUT2D eigenvalue weighted by atomic mass is 9.80. The molecule has 1 aromatic rings. The van der Waals surface area contributed by atoms with E-state index < -0.39 is 11.9 Å². The van der Waals surface area contributed by atoms with Crippen LogP contribution in [0.1, 0.15) is 51.5 Å². The molecular weight excluding hydrogens is 326 g/mol. The zero-order valence-electron chi connectivity index (χ0n) is 14.7. The summed E-state index contributed by atoms with van der Waals surface area (Å²) in [5.74, 6) is -2.59. The van der Waals surface area contributed by atoms with Crippen molar-refractivity contribution in [1.29, 1.82) is 0 Å². The van der Waals surface area contributed by atoms with Crippen molar-refractivity contribution < 1.29 is 29.6 Å². The zero-order chi connectivity index (χ0) is 19.0. The van der Waals surface area contributed by atoms with Gasteiger partial charge in [0, 0.05) is 6.07 Å². The van der Waals surface area contributed by atoms with E-state index in [1.165, 1.54) is 5.56 Å². The molecule has 0 radical (unpaired) electrons. The Labute approximate surface area is 147 Å². The van der Waals surface area contributed by atoms with Crippen LogP contribution in [0.3, 0.4) is 0 Å². The Hall–Kier alpha value is -2.28. The Bertz CT molecular complexity index is 583. The van der Waals surface area contributed by atoms with Crippen LogP contribution in [0.4, 0.5) is 0 Å². The van der Waals surface area contributed by atoms with Crippen molar-refractivity contribution in [2.45, 2.75) is 64.0 Å². The lowest BCUT2D eigenvalue weighted by Crippen LogP contribution is -2.54. The van der Waals surface area contributed by atoms with Crippen molar-refractivity contribution in [3.63, 3.8) is 0 Å². The van der Waals surface area contributed by atoms with Crippen LogP contribution < -0.4 is 10.5 Å². The summed E-state index contributed by atoms with van der Waals surface area (Å²) in [6.45, 7) is 4.33. The van der Waals surface area contributed by atoms with Crippen molar-refractivity contribution in [3.8, 4) is 11.5 Å². The van der Waals surface area contributed by atoms with E-state index in [0.717, 1.165) is 44.3 Å². The number of aliphatic carboxylic acids is 2. The Morgan fingerprint density at radius 1 is 1.20 bits per heavy atom. The van der Waals surface area contributed by atoms with Gasteiger partial charge in [-0.2, -0.15) is 0 Å². The molecule has 7 nitrogen and oxygen atoms in total. The number of phenols is 1. The van der Waals surface area contributed by atoms with E-state index in [0.29, 0.717) is 0 Å². The molecule has 0 saturated carbocycles. The highest BCUT2D eigenvalue weighted by Crippen LogP contribution is 2.36. The minimum Gasteiger partial charge on any atom is -0.508 e. The Kier molecular flexibility index (Phi) is 7.70. The average Bonchev–Trinajstić information content (AvgIpc) is 2.55. The van der Waals surface area contributed by atoms with Gasteiger partial charge in [0.2, 0.25) is 0 Å². The largest absolute Gasteiger partial charge is 0.508 e. The van der Waals surface area contributed by atoms with Crippen LogP contribution in [-0.4, -0.2) is 38.9 Å². The summed E-state index contributed by atoms with van der Waals surface area (Å²) in [4.78, 5) is 18.2. The molecule has 0 aromatic heterocycles. The number of fused-ring (bicyclic) bond motifs is 1. The first-order valence-corrected chi connectivity index (χ1v) is 8.47. The van der Waals surface area contributed by atoms with Gasteiger partial charge in [-0.25, -0.2) is 9.59 Å². The van der Waals surface area contributed by atoms with Crippen LogP contribution in [0.15, 0.2) is 18.2 Å². The van der Waals surface area contributed by atoms with Gasteiger partial charge >= 0.3 is 11.9 Å². The second kappa shape index (κ2) is 9.27. The summed E-state index contributed by atoms with van der Waals surface area (Å²) in [5.41, 5.74) is 7.53. The number of aromatic hydroxyl groups is 1. The summed E-state index contributed by atoms with van der Waals surface area (Å²) in [7, 11) is 0. The van der Waals surface area contributed by atoms with E-state index in [9.17, 15) is 5.11 Å². The standard InChI is InChI=1S/C16H25NO2.C2H2O4/c1-3-9-16(17,10-4-2)15-8-6-12-5-7-13(18)11-14(12)19-15;3-1(4)2(5)6/h5,7,11,15,18H,3-4,6,8-10,17H2,1-2H3;(H,3,4)(H,5,6). The number of carboxylic acid groups (broad SMARTS) is 2. The number of rotatable bonds is 5. The molecule has 0 fully saturated rings. The molecule has 1 aliphatic heterocycles. The molecule has 1 aliphatic rings. The van der Waals surface area contributed by atoms with Crippen LogP contribution in [-0.2, 0) is 16.0 Å². The fourth-order valence-corrected chi connectivity index (χ4v) is 3.14. The van der Waals surface area contributed by atoms with Gasteiger partial charge < -0.3 is 25.8 Å². The first-order chi connectivity index (χ1) is 11.7. The monoisotopic (exact) mass is 353 g/mol. The highest BCUT2D eigenvalue weighted by Gasteiger charge is 2.37. The van der Waals surface area contributed by atoms with E-state index in [4.69, 9.17) is 30.3 Å². The smallest absolute Gasteiger partial charge is 0.414 e. The molecule has 1 unspecified atom stereocenters. The minimum atomic E-state index is -1.82. The third kappa shape index (κ3) is 5.94. The second-order valence-electron chi connectivity index (χ2n) is 6.28. The number of aryl methyl sites for hydroxylation is 1. The van der Waals surface area contributed by atoms with Crippen LogP contribution in [0.5, 0.6) is 11.5 Å². The number of phenolic OH excluding ortho intramolecular Hbond substituents is 1. The molecule has 7 heteroatoms. The van der Waals surface area contributed by atoms with Crippen LogP contribution >= 0.6 is 0 Å². The summed E-state index contributed by atoms with van der Waals surface area (Å²) in [6.07, 6.45) is 6.12. The van der Waals surface area contributed by atoms with Crippen molar-refractivity contribution in [2.24, 2.45) is 5.73 Å². The molecule has 25 heavy (non-hydrogen) atoms. The number of ether oxygens (including phenoxy) is 1. The summed E-state index contributed by atoms with van der Waals surface area (Å²) in [6, 6.07) is 5.37. The maximum absolute atomic E-state index is 9.57. The van der Waals surface area contributed by atoms with Gasteiger partial charge in [0.25, 0.3) is 0 Å². The average molecular weight is 353 g/mol. The highest BCUT2D eigenvalue weighted by molar-refractivity contribution is 6.27. The number of nitrogens with two attached hydrogens (primary N) is 1. The van der Waals surface area contributed by atoms with E-state index in [1.807, 2.05) is 6.07 Å². The molecule has 0 bridgehead atoms. The first kappa shape index (κ1) is 20.8. The van der Waals surface area contributed by atoms with Gasteiger partial charge in [-0.15, -0.1) is 0 Å². The third-order valence-corrected chi connectivity index (χ3v) is 4.25. The Morgan fingerprint density at radius 2 is 1.76 bits per heavy atom. The van der Waals surface area contributed by atoms with Crippen LogP contribution in [0.25, 0.3) is 0 Å². The summed E-state index contributed by atoms with van der Waals surface area (Å²) < 4.78 is 6.10. The van der Waals surface area contributed by atoms with E-state index in [2.05, 4.69) is 13.8 Å². The molecule has 5 N–H and O–H groups in total. The maximum atomic E-state index is 9.57. The quantitative estimate of drug-likeness (QED) is 0.598. The normalized spacial score (nSPS) is 16.0. The van der Waals surface area contributed by atoms with Crippen molar-refractivity contribution >= 4 is 11.9 Å². The van der Waals surface area contributed by atoms with Gasteiger partial charge in [-0.3, -0.25) is 0 Å². The van der Waals surface area contributed by atoms with Crippen molar-refractivity contribution in [2.75, 3.05) is 0 Å². The lowest BCUT2D eigenvalue weighted by molar-refractivity contribution is -0.159. The van der Waals surface area contributed by atoms with Gasteiger partial charge in [-0.1, -0.05) is 32.8 Å². The maximum Gasteiger partial charge on any atom is 0.414 e. The van der Waals surface area contributed by atoms with Gasteiger partial charge in [-0.05, 0) is 37.3 Å². The minimum absolute atomic E-state index is 0.0571. The predicted octanol–water partition coefficient (Wildman–Crippen LogP) is 2.54. The molecule has 0 amide bonds. The lowest BCUT2D eigenvalue weighted by Gasteiger charge is -2.40. The number of benzene rings is 1. The van der Waals surface area contributed by atoms with E-state index in [-0.39, 0.29) is 17.4 Å². The molecule has 0 aliphatic carbocycles. The van der Waals surface area contributed by atoms with Gasteiger partial charge in [0.15, 0.2) is 0 Å². The molecule has 1 aromatic carbocycles. The highest BCUT2D eigenvalue weighted by atomic mass is 16.5. The predicted molar refractivity (Wildman–Crippen MR) is 92.8 cm³/mol. The molecule has 1 heterocycles. The zero-order valence-corrected chi connectivity index (χ0v) is 14.7. The van der Waals surface area contributed by atoms with Crippen LogP contribution in [0.2, 0.25) is 0 Å². The van der Waals surface area contributed by atoms with Gasteiger partial charge in [0.1, 0.15) is 17.6 Å².